The SMILES string of the molecule is COC(C(=O)Cc1nn(C)c2ccccc12)C(C)(C)C. The Morgan fingerprint density at radius 3 is 2.60 bits per heavy atom. The van der Waals surface area contributed by atoms with Crippen LogP contribution in [0.4, 0.5) is 0 Å². The second kappa shape index (κ2) is 5.37. The predicted octanol–water partition coefficient (Wildman–Crippen LogP) is 2.75. The minimum Gasteiger partial charge on any atom is -0.373 e. The first kappa shape index (κ1) is 14.7. The number of carbonyl (C=O) groups excluding carboxylic acids is 1. The van der Waals surface area contributed by atoms with Crippen molar-refractivity contribution in [2.45, 2.75) is 33.3 Å². The Bertz CT molecular complexity index is 623. The molecule has 4 heteroatoms. The molecular weight excluding hydrogens is 252 g/mol. The standard InChI is InChI=1S/C16H22N2O2/c1-16(2,3)15(20-5)14(19)10-12-11-8-6-7-9-13(11)18(4)17-12/h6-9,15H,10H2,1-5H3. The number of benzene rings is 1. The highest BCUT2D eigenvalue weighted by Gasteiger charge is 2.31. The number of methoxy groups -OCH3 is 1. The highest BCUT2D eigenvalue weighted by Crippen LogP contribution is 2.25. The maximum Gasteiger partial charge on any atom is 0.168 e. The Labute approximate surface area is 119 Å². The number of para-hydroxylation sites is 1. The molecule has 0 spiro atoms. The molecule has 20 heavy (non-hydrogen) atoms. The number of aryl methyl sites for hydroxylation is 1. The summed E-state index contributed by atoms with van der Waals surface area (Å²) in [7, 11) is 3.48. The van der Waals surface area contributed by atoms with Gasteiger partial charge in [0.25, 0.3) is 0 Å². The second-order valence-electron chi connectivity index (χ2n) is 6.21. The fourth-order valence-corrected chi connectivity index (χ4v) is 2.64. The molecule has 0 aliphatic rings. The average molecular weight is 274 g/mol. The monoisotopic (exact) mass is 274 g/mol. The highest BCUT2D eigenvalue weighted by molar-refractivity contribution is 5.91. The number of ketones is 1. The Balaban J connectivity index is 2.31. The summed E-state index contributed by atoms with van der Waals surface area (Å²) >= 11 is 0. The molecule has 0 saturated heterocycles. The number of hydrogen-bond donors (Lipinski definition) is 0. The van der Waals surface area contributed by atoms with E-state index in [1.807, 2.05) is 56.8 Å². The molecule has 0 aliphatic carbocycles. The Kier molecular flexibility index (Phi) is 3.95. The van der Waals surface area contributed by atoms with Gasteiger partial charge in [0.1, 0.15) is 6.10 Å². The number of rotatable bonds is 4. The van der Waals surface area contributed by atoms with Gasteiger partial charge in [0.15, 0.2) is 5.78 Å². The summed E-state index contributed by atoms with van der Waals surface area (Å²) in [6.07, 6.45) is -0.111. The van der Waals surface area contributed by atoms with Crippen molar-refractivity contribution in [3.05, 3.63) is 30.0 Å². The van der Waals surface area contributed by atoms with Crippen molar-refractivity contribution in [1.29, 1.82) is 0 Å². The summed E-state index contributed by atoms with van der Waals surface area (Å²) in [5.74, 6) is 0.0730. The van der Waals surface area contributed by atoms with Gasteiger partial charge in [0.2, 0.25) is 0 Å². The van der Waals surface area contributed by atoms with Gasteiger partial charge in [-0.1, -0.05) is 39.0 Å². The Morgan fingerprint density at radius 1 is 1.35 bits per heavy atom. The number of hydrogen-bond acceptors (Lipinski definition) is 3. The third-order valence-electron chi connectivity index (χ3n) is 3.49. The van der Waals surface area contributed by atoms with Gasteiger partial charge < -0.3 is 4.74 Å². The van der Waals surface area contributed by atoms with Crippen molar-refractivity contribution >= 4 is 16.7 Å². The van der Waals surface area contributed by atoms with Crippen molar-refractivity contribution in [3.63, 3.8) is 0 Å². The van der Waals surface area contributed by atoms with E-state index in [9.17, 15) is 4.79 Å². The van der Waals surface area contributed by atoms with E-state index in [-0.39, 0.29) is 11.2 Å². The van der Waals surface area contributed by atoms with Crippen molar-refractivity contribution in [2.24, 2.45) is 12.5 Å². The minimum atomic E-state index is -0.414. The van der Waals surface area contributed by atoms with Crippen LogP contribution in [0.15, 0.2) is 24.3 Å². The van der Waals surface area contributed by atoms with Crippen molar-refractivity contribution in [3.8, 4) is 0 Å². The molecule has 1 heterocycles. The number of aromatic nitrogens is 2. The van der Waals surface area contributed by atoms with Gasteiger partial charge in [-0.3, -0.25) is 9.48 Å². The van der Waals surface area contributed by atoms with Gasteiger partial charge in [-0.2, -0.15) is 5.10 Å². The number of nitrogens with zero attached hydrogens (tertiary/aromatic N) is 2. The number of Topliss-reactive ketones (excluding diaryl/α,β-unsaturated/α-hetero) is 1. The van der Waals surface area contributed by atoms with Crippen molar-refractivity contribution in [1.82, 2.24) is 9.78 Å². The van der Waals surface area contributed by atoms with E-state index in [1.165, 1.54) is 0 Å². The lowest BCUT2D eigenvalue weighted by atomic mass is 9.85. The normalized spacial score (nSPS) is 13.7. The van der Waals surface area contributed by atoms with Gasteiger partial charge >= 0.3 is 0 Å². The van der Waals surface area contributed by atoms with Crippen molar-refractivity contribution < 1.29 is 9.53 Å². The summed E-state index contributed by atoms with van der Waals surface area (Å²) in [4.78, 5) is 12.5. The van der Waals surface area contributed by atoms with Gasteiger partial charge in [-0.25, -0.2) is 0 Å². The molecule has 4 nitrogen and oxygen atoms in total. The highest BCUT2D eigenvalue weighted by atomic mass is 16.5. The molecule has 0 radical (unpaired) electrons. The fraction of sp³-hybridized carbons (Fsp3) is 0.500. The number of fused-ring (bicyclic) bond motifs is 1. The van der Waals surface area contributed by atoms with Crippen LogP contribution >= 0.6 is 0 Å². The summed E-state index contributed by atoms with van der Waals surface area (Å²) in [5, 5.41) is 5.50. The first-order chi connectivity index (χ1) is 9.34. The zero-order valence-electron chi connectivity index (χ0n) is 12.8. The minimum absolute atomic E-state index is 0.0730. The van der Waals surface area contributed by atoms with E-state index in [0.717, 1.165) is 16.6 Å². The molecule has 2 rings (SSSR count). The molecule has 0 saturated carbocycles. The molecule has 108 valence electrons. The van der Waals surface area contributed by atoms with Gasteiger partial charge in [0.05, 0.1) is 17.6 Å². The van der Waals surface area contributed by atoms with Crippen LogP contribution in [-0.4, -0.2) is 28.8 Å². The molecule has 0 bridgehead atoms. The molecule has 0 aliphatic heterocycles. The van der Waals surface area contributed by atoms with Crippen LogP contribution in [0.5, 0.6) is 0 Å². The molecular formula is C16H22N2O2. The third kappa shape index (κ3) is 2.75. The van der Waals surface area contributed by atoms with Gasteiger partial charge in [0, 0.05) is 19.5 Å². The molecule has 0 N–H and O–H groups in total. The first-order valence-electron chi connectivity index (χ1n) is 6.80. The van der Waals surface area contributed by atoms with E-state index in [1.54, 1.807) is 7.11 Å². The molecule has 2 aromatic rings. The van der Waals surface area contributed by atoms with Crippen LogP contribution in [-0.2, 0) is 23.0 Å². The first-order valence-corrected chi connectivity index (χ1v) is 6.80. The summed E-state index contributed by atoms with van der Waals surface area (Å²) in [5.41, 5.74) is 1.65. The predicted molar refractivity (Wildman–Crippen MR) is 79.7 cm³/mol. The maximum absolute atomic E-state index is 12.5. The van der Waals surface area contributed by atoms with Crippen LogP contribution in [0.25, 0.3) is 10.9 Å². The number of carbonyl (C=O) groups is 1. The summed E-state index contributed by atoms with van der Waals surface area (Å²) in [6.45, 7) is 6.03. The van der Waals surface area contributed by atoms with E-state index in [4.69, 9.17) is 4.74 Å². The molecule has 1 aromatic heterocycles. The van der Waals surface area contributed by atoms with E-state index < -0.39 is 6.10 Å². The molecule has 1 aromatic carbocycles. The average Bonchev–Trinajstić information content (AvgIpc) is 2.66. The molecule has 0 amide bonds. The molecule has 1 unspecified atom stereocenters. The summed E-state index contributed by atoms with van der Waals surface area (Å²) < 4.78 is 7.20. The molecule has 0 fully saturated rings. The zero-order valence-corrected chi connectivity index (χ0v) is 12.8. The van der Waals surface area contributed by atoms with Crippen LogP contribution in [0.3, 0.4) is 0 Å². The Hall–Kier alpha value is -1.68. The van der Waals surface area contributed by atoms with E-state index >= 15 is 0 Å². The smallest absolute Gasteiger partial charge is 0.168 e. The van der Waals surface area contributed by atoms with E-state index in [2.05, 4.69) is 5.10 Å². The maximum atomic E-state index is 12.5. The quantitative estimate of drug-likeness (QED) is 0.861. The van der Waals surface area contributed by atoms with Crippen LogP contribution in [0, 0.1) is 5.41 Å². The van der Waals surface area contributed by atoms with Crippen LogP contribution in [0.2, 0.25) is 0 Å². The van der Waals surface area contributed by atoms with Crippen LogP contribution in [0.1, 0.15) is 26.5 Å². The van der Waals surface area contributed by atoms with Crippen LogP contribution < -0.4 is 0 Å². The van der Waals surface area contributed by atoms with E-state index in [0.29, 0.717) is 6.42 Å². The largest absolute Gasteiger partial charge is 0.373 e. The lowest BCUT2D eigenvalue weighted by Gasteiger charge is -2.27. The Morgan fingerprint density at radius 2 is 2.00 bits per heavy atom. The second-order valence-corrected chi connectivity index (χ2v) is 6.21. The molecule has 1 atom stereocenters. The third-order valence-corrected chi connectivity index (χ3v) is 3.49. The van der Waals surface area contributed by atoms with Gasteiger partial charge in [-0.15, -0.1) is 0 Å². The summed E-state index contributed by atoms with van der Waals surface area (Å²) in [6, 6.07) is 7.95. The topological polar surface area (TPSA) is 44.1 Å². The van der Waals surface area contributed by atoms with Gasteiger partial charge in [-0.05, 0) is 11.5 Å². The lowest BCUT2D eigenvalue weighted by Crippen LogP contribution is -2.37. The fourth-order valence-electron chi connectivity index (χ4n) is 2.64. The lowest BCUT2D eigenvalue weighted by molar-refractivity contribution is -0.134. The zero-order chi connectivity index (χ0) is 14.9. The number of ether oxygens (including phenoxy) is 1. The van der Waals surface area contributed by atoms with Crippen molar-refractivity contribution in [2.75, 3.05) is 7.11 Å².